The van der Waals surface area contributed by atoms with Crippen LogP contribution in [0, 0.1) is 0 Å². The summed E-state index contributed by atoms with van der Waals surface area (Å²) in [6.07, 6.45) is 2.76. The van der Waals surface area contributed by atoms with Gasteiger partial charge in [-0.15, -0.1) is 0 Å². The molecule has 0 saturated heterocycles. The number of rotatable bonds is 4. The maximum absolute atomic E-state index is 10.1. The molecule has 0 radical (unpaired) electrons. The first kappa shape index (κ1) is 11.5. The average Bonchev–Trinajstić information content (AvgIpc) is 2.13. The number of phenolic OH excluding ortho intramolecular Hbond substituents is 1. The Balaban J connectivity index is 2.79. The summed E-state index contributed by atoms with van der Waals surface area (Å²) in [5.41, 5.74) is 0.770. The fourth-order valence-electron chi connectivity index (χ4n) is 1.19. The number of unbranched alkanes of at least 4 members (excludes halogenated alkanes) is 1. The van der Waals surface area contributed by atoms with Gasteiger partial charge in [0.1, 0.15) is 12.0 Å². The standard InChI is InChI=1S/C10H10BrClO2/c11-9-6-8(12)5-7(10(9)14)3-1-2-4-13/h4-6,14H,1-3H2. The van der Waals surface area contributed by atoms with Crippen LogP contribution in [0.3, 0.4) is 0 Å². The summed E-state index contributed by atoms with van der Waals surface area (Å²) in [5.74, 6) is 0.209. The number of aromatic hydroxyl groups is 1. The summed E-state index contributed by atoms with van der Waals surface area (Å²) in [6, 6.07) is 3.35. The van der Waals surface area contributed by atoms with E-state index in [1.807, 2.05) is 0 Å². The minimum absolute atomic E-state index is 0.209. The topological polar surface area (TPSA) is 37.3 Å². The van der Waals surface area contributed by atoms with Gasteiger partial charge in [0.2, 0.25) is 0 Å². The van der Waals surface area contributed by atoms with Gasteiger partial charge in [0.05, 0.1) is 4.47 Å². The third kappa shape index (κ3) is 3.00. The normalized spacial score (nSPS) is 10.1. The predicted octanol–water partition coefficient (Wildman–Crippen LogP) is 3.33. The Hall–Kier alpha value is -0.540. The molecule has 0 atom stereocenters. The molecule has 1 N–H and O–H groups in total. The number of hydrogen-bond donors (Lipinski definition) is 1. The van der Waals surface area contributed by atoms with Crippen molar-refractivity contribution in [1.29, 1.82) is 0 Å². The van der Waals surface area contributed by atoms with Crippen molar-refractivity contribution in [3.8, 4) is 5.75 Å². The highest BCUT2D eigenvalue weighted by Crippen LogP contribution is 2.32. The Morgan fingerprint density at radius 2 is 2.21 bits per heavy atom. The number of aryl methyl sites for hydroxylation is 1. The lowest BCUT2D eigenvalue weighted by Gasteiger charge is -2.06. The monoisotopic (exact) mass is 276 g/mol. The van der Waals surface area contributed by atoms with Gasteiger partial charge in [-0.1, -0.05) is 11.6 Å². The van der Waals surface area contributed by atoms with Gasteiger partial charge in [0.15, 0.2) is 0 Å². The van der Waals surface area contributed by atoms with Gasteiger partial charge in [-0.2, -0.15) is 0 Å². The smallest absolute Gasteiger partial charge is 0.133 e. The van der Waals surface area contributed by atoms with Crippen LogP contribution in [0.2, 0.25) is 5.02 Å². The van der Waals surface area contributed by atoms with E-state index in [0.717, 1.165) is 18.3 Å². The summed E-state index contributed by atoms with van der Waals surface area (Å²) in [6.45, 7) is 0. The molecule has 0 aromatic heterocycles. The number of phenols is 1. The van der Waals surface area contributed by atoms with Crippen LogP contribution >= 0.6 is 27.5 Å². The second-order valence-corrected chi connectivity index (χ2v) is 4.25. The van der Waals surface area contributed by atoms with Crippen molar-refractivity contribution in [3.05, 3.63) is 27.2 Å². The largest absolute Gasteiger partial charge is 0.506 e. The lowest BCUT2D eigenvalue weighted by Crippen LogP contribution is -1.88. The van der Waals surface area contributed by atoms with Crippen LogP contribution in [0.15, 0.2) is 16.6 Å². The zero-order valence-corrected chi connectivity index (χ0v) is 9.81. The third-order valence-corrected chi connectivity index (χ3v) is 2.70. The number of hydrogen-bond acceptors (Lipinski definition) is 2. The Bertz CT molecular complexity index is 339. The molecule has 0 aliphatic rings. The lowest BCUT2D eigenvalue weighted by molar-refractivity contribution is -0.107. The van der Waals surface area contributed by atoms with Crippen LogP contribution in [-0.2, 0) is 11.2 Å². The van der Waals surface area contributed by atoms with Gasteiger partial charge in [-0.25, -0.2) is 0 Å². The molecular formula is C10H10BrClO2. The molecule has 1 aromatic rings. The number of aldehydes is 1. The lowest BCUT2D eigenvalue weighted by atomic mass is 10.1. The van der Waals surface area contributed by atoms with E-state index in [0.29, 0.717) is 22.3 Å². The van der Waals surface area contributed by atoms with Crippen molar-refractivity contribution in [2.45, 2.75) is 19.3 Å². The molecule has 0 bridgehead atoms. The minimum Gasteiger partial charge on any atom is -0.506 e. The second kappa shape index (κ2) is 5.37. The van der Waals surface area contributed by atoms with Crippen molar-refractivity contribution < 1.29 is 9.90 Å². The van der Waals surface area contributed by atoms with Crippen LogP contribution in [-0.4, -0.2) is 11.4 Å². The number of halogens is 2. The Kier molecular flexibility index (Phi) is 4.42. The molecule has 0 aliphatic heterocycles. The van der Waals surface area contributed by atoms with E-state index in [1.165, 1.54) is 0 Å². The Morgan fingerprint density at radius 1 is 1.50 bits per heavy atom. The summed E-state index contributed by atoms with van der Waals surface area (Å²) in [4.78, 5) is 10.1. The quantitative estimate of drug-likeness (QED) is 0.677. The highest BCUT2D eigenvalue weighted by molar-refractivity contribution is 9.10. The SMILES string of the molecule is O=CCCCc1cc(Cl)cc(Br)c1O. The third-order valence-electron chi connectivity index (χ3n) is 1.88. The summed E-state index contributed by atoms with van der Waals surface area (Å²) < 4.78 is 0.589. The maximum atomic E-state index is 10.1. The Morgan fingerprint density at radius 3 is 2.86 bits per heavy atom. The molecule has 76 valence electrons. The molecule has 0 aliphatic carbocycles. The molecule has 0 amide bonds. The highest BCUT2D eigenvalue weighted by Gasteiger charge is 2.06. The zero-order chi connectivity index (χ0) is 10.6. The van der Waals surface area contributed by atoms with Crippen molar-refractivity contribution in [2.24, 2.45) is 0 Å². The first-order chi connectivity index (χ1) is 6.65. The maximum Gasteiger partial charge on any atom is 0.133 e. The fraction of sp³-hybridized carbons (Fsp3) is 0.300. The summed E-state index contributed by atoms with van der Waals surface area (Å²) >= 11 is 9.03. The second-order valence-electron chi connectivity index (χ2n) is 2.95. The first-order valence-electron chi connectivity index (χ1n) is 4.25. The van der Waals surface area contributed by atoms with Crippen molar-refractivity contribution in [2.75, 3.05) is 0 Å². The average molecular weight is 278 g/mol. The van der Waals surface area contributed by atoms with Crippen molar-refractivity contribution >= 4 is 33.8 Å². The predicted molar refractivity (Wildman–Crippen MR) is 59.8 cm³/mol. The molecule has 1 rings (SSSR count). The van der Waals surface area contributed by atoms with E-state index >= 15 is 0 Å². The molecule has 0 fully saturated rings. The van der Waals surface area contributed by atoms with Gasteiger partial charge < -0.3 is 9.90 Å². The van der Waals surface area contributed by atoms with E-state index in [2.05, 4.69) is 15.9 Å². The molecule has 0 spiro atoms. The Labute approximate surface area is 96.0 Å². The van der Waals surface area contributed by atoms with Gasteiger partial charge in [0.25, 0.3) is 0 Å². The first-order valence-corrected chi connectivity index (χ1v) is 5.42. The number of benzene rings is 1. The molecular weight excluding hydrogens is 267 g/mol. The molecule has 2 nitrogen and oxygen atoms in total. The van der Waals surface area contributed by atoms with Crippen LogP contribution in [0.25, 0.3) is 0 Å². The molecule has 0 saturated carbocycles. The highest BCUT2D eigenvalue weighted by atomic mass is 79.9. The van der Waals surface area contributed by atoms with Gasteiger partial charge >= 0.3 is 0 Å². The number of carbonyl (C=O) groups excluding carboxylic acids is 1. The van der Waals surface area contributed by atoms with Crippen LogP contribution in [0.1, 0.15) is 18.4 Å². The molecule has 14 heavy (non-hydrogen) atoms. The van der Waals surface area contributed by atoms with Crippen molar-refractivity contribution in [3.63, 3.8) is 0 Å². The van der Waals surface area contributed by atoms with Gasteiger partial charge in [-0.05, 0) is 46.5 Å². The zero-order valence-electron chi connectivity index (χ0n) is 7.46. The van der Waals surface area contributed by atoms with E-state index in [4.69, 9.17) is 11.6 Å². The fourth-order valence-corrected chi connectivity index (χ4v) is 2.06. The van der Waals surface area contributed by atoms with E-state index < -0.39 is 0 Å². The summed E-state index contributed by atoms with van der Waals surface area (Å²) in [7, 11) is 0. The molecule has 4 heteroatoms. The van der Waals surface area contributed by atoms with E-state index in [-0.39, 0.29) is 5.75 Å². The molecule has 0 unspecified atom stereocenters. The van der Waals surface area contributed by atoms with Crippen LogP contribution in [0.5, 0.6) is 5.75 Å². The van der Waals surface area contributed by atoms with Crippen LogP contribution in [0.4, 0.5) is 0 Å². The van der Waals surface area contributed by atoms with E-state index in [9.17, 15) is 9.90 Å². The van der Waals surface area contributed by atoms with Gasteiger partial charge in [0, 0.05) is 11.4 Å². The molecule has 1 aromatic carbocycles. The minimum atomic E-state index is 0.209. The van der Waals surface area contributed by atoms with Crippen molar-refractivity contribution in [1.82, 2.24) is 0 Å². The number of carbonyl (C=O) groups is 1. The van der Waals surface area contributed by atoms with Gasteiger partial charge in [-0.3, -0.25) is 0 Å². The van der Waals surface area contributed by atoms with E-state index in [1.54, 1.807) is 12.1 Å². The van der Waals surface area contributed by atoms with Crippen LogP contribution < -0.4 is 0 Å². The summed E-state index contributed by atoms with van der Waals surface area (Å²) in [5, 5.41) is 10.2. The molecule has 0 heterocycles.